The van der Waals surface area contributed by atoms with Crippen LogP contribution < -0.4 is 5.32 Å². The molecule has 0 atom stereocenters. The molecule has 0 unspecified atom stereocenters. The molecule has 4 nitrogen and oxygen atoms in total. The van der Waals surface area contributed by atoms with Crippen molar-refractivity contribution in [2.45, 2.75) is 33.7 Å². The molecular weight excluding hydrogens is 318 g/mol. The Bertz CT molecular complexity index is 846. The number of aryl methyl sites for hydroxylation is 1. The number of hydrogen-bond acceptors (Lipinski definition) is 3. The van der Waals surface area contributed by atoms with Gasteiger partial charge in [0.15, 0.2) is 5.17 Å². The summed E-state index contributed by atoms with van der Waals surface area (Å²) in [7, 11) is 0. The van der Waals surface area contributed by atoms with Gasteiger partial charge < -0.3 is 9.88 Å². The van der Waals surface area contributed by atoms with Crippen molar-refractivity contribution in [3.8, 4) is 0 Å². The molecule has 1 aromatic heterocycles. The molecule has 1 fully saturated rings. The number of hydrogen-bond donors (Lipinski definition) is 1. The number of nitrogens with zero attached hydrogens (tertiary/aromatic N) is 2. The van der Waals surface area contributed by atoms with Crippen molar-refractivity contribution < 1.29 is 4.79 Å². The molecule has 3 rings (SSSR count). The Hall–Kier alpha value is -2.27. The van der Waals surface area contributed by atoms with Crippen molar-refractivity contribution in [3.05, 3.63) is 58.3 Å². The number of aromatic nitrogens is 1. The minimum Gasteiger partial charge on any atom is -0.351 e. The van der Waals surface area contributed by atoms with Crippen molar-refractivity contribution in [2.24, 2.45) is 4.99 Å². The molecule has 0 aliphatic carbocycles. The van der Waals surface area contributed by atoms with Gasteiger partial charge in [0.2, 0.25) is 0 Å². The molecule has 124 valence electrons. The van der Waals surface area contributed by atoms with Crippen molar-refractivity contribution in [3.63, 3.8) is 0 Å². The quantitative estimate of drug-likeness (QED) is 0.832. The zero-order valence-corrected chi connectivity index (χ0v) is 15.1. The summed E-state index contributed by atoms with van der Waals surface area (Å²) < 4.78 is 2.12. The molecule has 1 aliphatic rings. The number of aliphatic imine (C=N–C) groups is 1. The summed E-state index contributed by atoms with van der Waals surface area (Å²) in [5, 5.41) is 3.48. The number of benzene rings is 1. The molecule has 2 heterocycles. The van der Waals surface area contributed by atoms with E-state index < -0.39 is 0 Å². The molecule has 2 aromatic rings. The average molecular weight is 339 g/mol. The predicted molar refractivity (Wildman–Crippen MR) is 102 cm³/mol. The van der Waals surface area contributed by atoms with Crippen LogP contribution >= 0.6 is 11.8 Å². The van der Waals surface area contributed by atoms with Crippen LogP contribution in [0, 0.1) is 13.8 Å². The number of amidine groups is 1. The highest BCUT2D eigenvalue weighted by molar-refractivity contribution is 8.18. The molecule has 1 N–H and O–H groups in total. The van der Waals surface area contributed by atoms with E-state index in [2.05, 4.69) is 41.7 Å². The first-order chi connectivity index (χ1) is 11.4. The first kappa shape index (κ1) is 16.6. The van der Waals surface area contributed by atoms with Crippen LogP contribution in [0.2, 0.25) is 0 Å². The number of amides is 1. The van der Waals surface area contributed by atoms with E-state index in [4.69, 9.17) is 0 Å². The number of carbonyl (C=O) groups excluding carboxylic acids is 1. The van der Waals surface area contributed by atoms with Crippen LogP contribution in [-0.4, -0.2) is 15.6 Å². The first-order valence-corrected chi connectivity index (χ1v) is 8.79. The fourth-order valence-electron chi connectivity index (χ4n) is 2.43. The van der Waals surface area contributed by atoms with Crippen molar-refractivity contribution >= 4 is 34.6 Å². The van der Waals surface area contributed by atoms with Crippen LogP contribution in [-0.2, 0) is 4.79 Å². The van der Waals surface area contributed by atoms with Gasteiger partial charge >= 0.3 is 0 Å². The summed E-state index contributed by atoms with van der Waals surface area (Å²) in [4.78, 5) is 17.4. The SMILES string of the molecule is Cc1cccc(N=C2NC(=O)/C(=C\c3ccn(C(C)C)c3)S2)c1C. The third-order valence-electron chi connectivity index (χ3n) is 4.08. The van der Waals surface area contributed by atoms with E-state index >= 15 is 0 Å². The van der Waals surface area contributed by atoms with E-state index in [0.29, 0.717) is 16.1 Å². The normalized spacial score (nSPS) is 18.0. The summed E-state index contributed by atoms with van der Waals surface area (Å²) in [5.41, 5.74) is 4.24. The van der Waals surface area contributed by atoms with Crippen LogP contribution in [0.3, 0.4) is 0 Å². The summed E-state index contributed by atoms with van der Waals surface area (Å²) in [6, 6.07) is 8.43. The zero-order chi connectivity index (χ0) is 17.3. The summed E-state index contributed by atoms with van der Waals surface area (Å²) >= 11 is 1.38. The minimum absolute atomic E-state index is 0.0960. The second-order valence-electron chi connectivity index (χ2n) is 6.19. The standard InChI is InChI=1S/C19H21N3OS/c1-12(2)22-9-8-15(11-22)10-17-18(23)21-19(24-17)20-16-7-5-6-13(3)14(16)4/h5-12H,1-4H3,(H,20,21,23)/b17-10+. The van der Waals surface area contributed by atoms with Crippen LogP contribution in [0.5, 0.6) is 0 Å². The zero-order valence-electron chi connectivity index (χ0n) is 14.3. The molecule has 0 spiro atoms. The van der Waals surface area contributed by atoms with Gasteiger partial charge in [0.25, 0.3) is 5.91 Å². The Morgan fingerprint density at radius 1 is 1.25 bits per heavy atom. The number of nitrogens with one attached hydrogen (secondary N) is 1. The second-order valence-corrected chi connectivity index (χ2v) is 7.22. The van der Waals surface area contributed by atoms with Gasteiger partial charge in [-0.2, -0.15) is 0 Å². The fourth-order valence-corrected chi connectivity index (χ4v) is 3.27. The van der Waals surface area contributed by atoms with Gasteiger partial charge in [0.1, 0.15) is 0 Å². The minimum atomic E-state index is -0.0960. The Labute approximate surface area is 146 Å². The van der Waals surface area contributed by atoms with Crippen LogP contribution in [0.1, 0.15) is 36.6 Å². The molecule has 1 aliphatic heterocycles. The highest BCUT2D eigenvalue weighted by atomic mass is 32.2. The lowest BCUT2D eigenvalue weighted by molar-refractivity contribution is -0.115. The third-order valence-corrected chi connectivity index (χ3v) is 4.99. The van der Waals surface area contributed by atoms with Crippen LogP contribution in [0.4, 0.5) is 5.69 Å². The number of thioether (sulfide) groups is 1. The summed E-state index contributed by atoms with van der Waals surface area (Å²) in [6.07, 6.45) is 5.98. The lowest BCUT2D eigenvalue weighted by Crippen LogP contribution is -2.19. The van der Waals surface area contributed by atoms with Gasteiger partial charge in [0.05, 0.1) is 10.6 Å². The van der Waals surface area contributed by atoms with E-state index in [0.717, 1.165) is 16.8 Å². The van der Waals surface area contributed by atoms with E-state index in [-0.39, 0.29) is 5.91 Å². The molecule has 0 saturated carbocycles. The van der Waals surface area contributed by atoms with Gasteiger partial charge in [-0.25, -0.2) is 4.99 Å². The smallest absolute Gasteiger partial charge is 0.264 e. The molecular formula is C19H21N3OS. The Kier molecular flexibility index (Phi) is 4.62. The third kappa shape index (κ3) is 3.46. The maximum absolute atomic E-state index is 12.2. The molecule has 1 amide bonds. The number of rotatable bonds is 3. The van der Waals surface area contributed by atoms with Crippen molar-refractivity contribution in [1.82, 2.24) is 9.88 Å². The maximum Gasteiger partial charge on any atom is 0.264 e. The van der Waals surface area contributed by atoms with Gasteiger partial charge in [-0.05, 0) is 74.4 Å². The fraction of sp³-hybridized carbons (Fsp3) is 0.263. The molecule has 5 heteroatoms. The average Bonchev–Trinajstić information content (AvgIpc) is 3.12. The van der Waals surface area contributed by atoms with Crippen molar-refractivity contribution in [2.75, 3.05) is 0 Å². The van der Waals surface area contributed by atoms with E-state index in [1.54, 1.807) is 0 Å². The van der Waals surface area contributed by atoms with Gasteiger partial charge in [-0.1, -0.05) is 12.1 Å². The van der Waals surface area contributed by atoms with Crippen LogP contribution in [0.25, 0.3) is 6.08 Å². The van der Waals surface area contributed by atoms with E-state index in [9.17, 15) is 4.79 Å². The molecule has 0 bridgehead atoms. The maximum atomic E-state index is 12.2. The van der Waals surface area contributed by atoms with Crippen molar-refractivity contribution in [1.29, 1.82) is 0 Å². The summed E-state index contributed by atoms with van der Waals surface area (Å²) in [6.45, 7) is 8.36. The Morgan fingerprint density at radius 2 is 2.04 bits per heavy atom. The largest absolute Gasteiger partial charge is 0.351 e. The summed E-state index contributed by atoms with van der Waals surface area (Å²) in [5.74, 6) is -0.0960. The van der Waals surface area contributed by atoms with E-state index in [1.165, 1.54) is 17.3 Å². The lowest BCUT2D eigenvalue weighted by Gasteiger charge is -2.04. The molecule has 0 radical (unpaired) electrons. The second kappa shape index (κ2) is 6.69. The Balaban J connectivity index is 1.83. The topological polar surface area (TPSA) is 46.4 Å². The highest BCUT2D eigenvalue weighted by Crippen LogP contribution is 2.30. The van der Waals surface area contributed by atoms with Crippen LogP contribution in [0.15, 0.2) is 46.6 Å². The monoisotopic (exact) mass is 339 g/mol. The predicted octanol–water partition coefficient (Wildman–Crippen LogP) is 4.58. The van der Waals surface area contributed by atoms with Gasteiger partial charge in [-0.15, -0.1) is 0 Å². The molecule has 24 heavy (non-hydrogen) atoms. The molecule has 1 saturated heterocycles. The molecule has 1 aromatic carbocycles. The van der Waals surface area contributed by atoms with E-state index in [1.807, 2.05) is 43.6 Å². The Morgan fingerprint density at radius 3 is 2.75 bits per heavy atom. The van der Waals surface area contributed by atoms with Gasteiger partial charge in [0, 0.05) is 18.4 Å². The highest BCUT2D eigenvalue weighted by Gasteiger charge is 2.24. The number of carbonyl (C=O) groups is 1. The first-order valence-electron chi connectivity index (χ1n) is 7.97. The van der Waals surface area contributed by atoms with Gasteiger partial charge in [-0.3, -0.25) is 4.79 Å². The lowest BCUT2D eigenvalue weighted by atomic mass is 10.1.